The van der Waals surface area contributed by atoms with Gasteiger partial charge >= 0.3 is 12.4 Å². The predicted molar refractivity (Wildman–Crippen MR) is 88.3 cm³/mol. The molecule has 0 fully saturated rings. The van der Waals surface area contributed by atoms with Gasteiger partial charge in [-0.25, -0.2) is 17.5 Å². The van der Waals surface area contributed by atoms with Crippen LogP contribution in [0.2, 0.25) is 0 Å². The van der Waals surface area contributed by atoms with Gasteiger partial charge in [-0.3, -0.25) is 4.79 Å². The molecule has 0 spiro atoms. The van der Waals surface area contributed by atoms with E-state index < -0.39 is 50.8 Å². The summed E-state index contributed by atoms with van der Waals surface area (Å²) < 4.78 is 114. The number of amides is 1. The number of nitrogens with one attached hydrogen (secondary N) is 1. The van der Waals surface area contributed by atoms with E-state index in [0.29, 0.717) is 29.7 Å². The highest BCUT2D eigenvalue weighted by molar-refractivity contribution is 7.93. The summed E-state index contributed by atoms with van der Waals surface area (Å²) in [5, 5.41) is 0.393. The lowest BCUT2D eigenvalue weighted by Gasteiger charge is -2.12. The van der Waals surface area contributed by atoms with Gasteiger partial charge < -0.3 is 0 Å². The third-order valence-corrected chi connectivity index (χ3v) is 4.41. The van der Waals surface area contributed by atoms with E-state index >= 15 is 0 Å². The Morgan fingerprint density at radius 2 is 1.48 bits per heavy atom. The summed E-state index contributed by atoms with van der Waals surface area (Å²) in [6.45, 7) is 0. The van der Waals surface area contributed by atoms with Crippen LogP contribution in [0, 0.1) is 5.82 Å². The number of hydrogen-bond donors (Lipinski definition) is 1. The van der Waals surface area contributed by atoms with Crippen molar-refractivity contribution >= 4 is 22.0 Å². The smallest absolute Gasteiger partial charge is 0.268 e. The maximum Gasteiger partial charge on any atom is 0.417 e. The molecule has 12 heteroatoms. The molecule has 0 saturated heterocycles. The zero-order chi connectivity index (χ0) is 22.0. The minimum atomic E-state index is -5.12. The standard InChI is InChI=1S/C17H10F7NO3S/c18-12-5-6-13(14(9-12)17(22,23)24)15(26)25-29(27,28)8-7-10-1-3-11(4-2-10)16(19,20)21/h1-9H,(H,25,26)/b8-7+. The maximum absolute atomic E-state index is 13.1. The van der Waals surface area contributed by atoms with Crippen LogP contribution in [0.1, 0.15) is 27.0 Å². The summed E-state index contributed by atoms with van der Waals surface area (Å²) in [5.74, 6) is -2.94. The molecule has 0 heterocycles. The zero-order valence-electron chi connectivity index (χ0n) is 14.0. The number of halogens is 7. The Balaban J connectivity index is 2.22. The van der Waals surface area contributed by atoms with Crippen molar-refractivity contribution in [2.75, 3.05) is 0 Å². The number of carbonyl (C=O) groups excluding carboxylic acids is 1. The summed E-state index contributed by atoms with van der Waals surface area (Å²) in [4.78, 5) is 11.9. The molecule has 29 heavy (non-hydrogen) atoms. The molecule has 0 aliphatic heterocycles. The van der Waals surface area contributed by atoms with Crippen LogP contribution < -0.4 is 4.72 Å². The average molecular weight is 441 g/mol. The quantitative estimate of drug-likeness (QED) is 0.706. The van der Waals surface area contributed by atoms with Crippen molar-refractivity contribution in [1.82, 2.24) is 4.72 Å². The molecule has 0 unspecified atom stereocenters. The van der Waals surface area contributed by atoms with Gasteiger partial charge in [0, 0.05) is 0 Å². The summed E-state index contributed by atoms with van der Waals surface area (Å²) >= 11 is 0. The van der Waals surface area contributed by atoms with Gasteiger partial charge in [0.05, 0.1) is 22.1 Å². The summed E-state index contributed by atoms with van der Waals surface area (Å²) in [6, 6.07) is 4.37. The second kappa shape index (κ2) is 7.85. The highest BCUT2D eigenvalue weighted by Crippen LogP contribution is 2.32. The van der Waals surface area contributed by atoms with E-state index in [-0.39, 0.29) is 11.6 Å². The minimum Gasteiger partial charge on any atom is -0.268 e. The summed E-state index contributed by atoms with van der Waals surface area (Å²) in [7, 11) is -4.60. The van der Waals surface area contributed by atoms with Crippen LogP contribution in [0.5, 0.6) is 0 Å². The molecule has 0 aromatic heterocycles. The second-order valence-corrected chi connectivity index (χ2v) is 7.15. The lowest BCUT2D eigenvalue weighted by Crippen LogP contribution is -2.30. The third kappa shape index (κ3) is 6.04. The first-order valence-electron chi connectivity index (χ1n) is 7.48. The number of benzene rings is 2. The largest absolute Gasteiger partial charge is 0.417 e. The van der Waals surface area contributed by atoms with E-state index in [2.05, 4.69) is 0 Å². The van der Waals surface area contributed by atoms with Crippen molar-refractivity contribution in [2.45, 2.75) is 12.4 Å². The maximum atomic E-state index is 13.1. The molecule has 0 bridgehead atoms. The molecular weight excluding hydrogens is 431 g/mol. The van der Waals surface area contributed by atoms with Crippen LogP contribution in [-0.2, 0) is 22.4 Å². The SMILES string of the molecule is O=C(NS(=O)(=O)/C=C/c1ccc(C(F)(F)F)cc1)c1ccc(F)cc1C(F)(F)F. The number of sulfonamides is 1. The number of carbonyl (C=O) groups is 1. The van der Waals surface area contributed by atoms with Gasteiger partial charge in [-0.2, -0.15) is 26.3 Å². The Kier molecular flexibility index (Phi) is 6.07. The molecule has 2 aromatic rings. The Bertz CT molecular complexity index is 1040. The lowest BCUT2D eigenvalue weighted by atomic mass is 10.1. The fourth-order valence-electron chi connectivity index (χ4n) is 2.12. The van der Waals surface area contributed by atoms with Crippen molar-refractivity contribution in [3.63, 3.8) is 0 Å². The molecule has 0 aliphatic carbocycles. The number of hydrogen-bond acceptors (Lipinski definition) is 3. The van der Waals surface area contributed by atoms with Crippen LogP contribution in [0.15, 0.2) is 47.9 Å². The van der Waals surface area contributed by atoms with Gasteiger partial charge in [0.1, 0.15) is 5.82 Å². The Morgan fingerprint density at radius 1 is 0.897 bits per heavy atom. The highest BCUT2D eigenvalue weighted by atomic mass is 32.2. The van der Waals surface area contributed by atoms with Crippen LogP contribution in [-0.4, -0.2) is 14.3 Å². The van der Waals surface area contributed by atoms with Crippen molar-refractivity contribution in [3.05, 3.63) is 75.9 Å². The van der Waals surface area contributed by atoms with Crippen LogP contribution in [0.3, 0.4) is 0 Å². The summed E-state index contributed by atoms with van der Waals surface area (Å²) in [5.41, 5.74) is -3.74. The van der Waals surface area contributed by atoms with Crippen LogP contribution in [0.4, 0.5) is 30.7 Å². The Labute approximate surface area is 159 Å². The summed E-state index contributed by atoms with van der Waals surface area (Å²) in [6.07, 6.45) is -8.87. The van der Waals surface area contributed by atoms with Crippen molar-refractivity contribution in [2.24, 2.45) is 0 Å². The molecule has 0 saturated carbocycles. The Hall–Kier alpha value is -2.89. The number of rotatable bonds is 4. The molecule has 0 radical (unpaired) electrons. The van der Waals surface area contributed by atoms with Crippen molar-refractivity contribution in [3.8, 4) is 0 Å². The molecule has 0 aliphatic rings. The second-order valence-electron chi connectivity index (χ2n) is 5.59. The topological polar surface area (TPSA) is 63.2 Å². The predicted octanol–water partition coefficient (Wildman–Crippen LogP) is 4.59. The zero-order valence-corrected chi connectivity index (χ0v) is 14.8. The van der Waals surface area contributed by atoms with Crippen LogP contribution >= 0.6 is 0 Å². The van der Waals surface area contributed by atoms with Crippen LogP contribution in [0.25, 0.3) is 6.08 Å². The lowest BCUT2D eigenvalue weighted by molar-refractivity contribution is -0.138. The molecule has 1 N–H and O–H groups in total. The third-order valence-electron chi connectivity index (χ3n) is 3.44. The van der Waals surface area contributed by atoms with E-state index in [4.69, 9.17) is 0 Å². The fourth-order valence-corrected chi connectivity index (χ4v) is 2.89. The molecular formula is C17H10F7NO3S. The molecule has 4 nitrogen and oxygen atoms in total. The fraction of sp³-hybridized carbons (Fsp3) is 0.118. The Morgan fingerprint density at radius 3 is 2.00 bits per heavy atom. The monoisotopic (exact) mass is 441 g/mol. The average Bonchev–Trinajstić information content (AvgIpc) is 2.58. The van der Waals surface area contributed by atoms with Gasteiger partial charge in [0.25, 0.3) is 15.9 Å². The van der Waals surface area contributed by atoms with Gasteiger partial charge in [-0.05, 0) is 42.0 Å². The molecule has 0 atom stereocenters. The van der Waals surface area contributed by atoms with Gasteiger partial charge in [-0.1, -0.05) is 12.1 Å². The van der Waals surface area contributed by atoms with Gasteiger partial charge in [-0.15, -0.1) is 0 Å². The molecule has 2 rings (SSSR count). The first kappa shape index (κ1) is 22.4. The van der Waals surface area contributed by atoms with Gasteiger partial charge in [0.2, 0.25) is 0 Å². The van der Waals surface area contributed by atoms with E-state index in [1.807, 2.05) is 0 Å². The molecule has 1 amide bonds. The van der Waals surface area contributed by atoms with E-state index in [0.717, 1.165) is 18.2 Å². The van der Waals surface area contributed by atoms with E-state index in [1.165, 1.54) is 4.72 Å². The van der Waals surface area contributed by atoms with E-state index in [9.17, 15) is 43.9 Å². The first-order valence-corrected chi connectivity index (χ1v) is 9.03. The highest BCUT2D eigenvalue weighted by Gasteiger charge is 2.36. The molecule has 156 valence electrons. The number of alkyl halides is 6. The van der Waals surface area contributed by atoms with Crippen molar-refractivity contribution in [1.29, 1.82) is 0 Å². The van der Waals surface area contributed by atoms with E-state index in [1.54, 1.807) is 0 Å². The molecule has 2 aromatic carbocycles. The normalized spacial score (nSPS) is 12.9. The minimum absolute atomic E-state index is 0.0218. The van der Waals surface area contributed by atoms with Gasteiger partial charge in [0.15, 0.2) is 0 Å². The van der Waals surface area contributed by atoms with Crippen molar-refractivity contribution < 1.29 is 43.9 Å². The first-order chi connectivity index (χ1) is 13.2.